The lowest BCUT2D eigenvalue weighted by atomic mass is 9.92. The van der Waals surface area contributed by atoms with Crippen molar-refractivity contribution in [2.24, 2.45) is 0 Å². The number of hydrogen-bond acceptors (Lipinski definition) is 3. The quantitative estimate of drug-likeness (QED) is 0.860. The number of thiophene rings is 1. The third kappa shape index (κ3) is 3.65. The van der Waals surface area contributed by atoms with Crippen LogP contribution in [-0.2, 0) is 17.8 Å². The lowest BCUT2D eigenvalue weighted by molar-refractivity contribution is -0.144. The largest absolute Gasteiger partial charge is 0.480 e. The van der Waals surface area contributed by atoms with Gasteiger partial charge in [0.15, 0.2) is 0 Å². The van der Waals surface area contributed by atoms with Crippen LogP contribution in [0.2, 0.25) is 0 Å². The summed E-state index contributed by atoms with van der Waals surface area (Å²) in [5.74, 6) is -1.30. The Hall–Kier alpha value is -1.72. The van der Waals surface area contributed by atoms with Crippen molar-refractivity contribution in [3.8, 4) is 0 Å². The molecular formula is C15H16FNO2S. The van der Waals surface area contributed by atoms with Gasteiger partial charge in [-0.1, -0.05) is 18.2 Å². The molecule has 0 saturated carbocycles. The first-order chi connectivity index (χ1) is 9.49. The first-order valence-electron chi connectivity index (χ1n) is 6.25. The Kier molecular flexibility index (Phi) is 4.52. The molecule has 2 N–H and O–H groups in total. The number of hydrogen-bond donors (Lipinski definition) is 2. The molecule has 1 aromatic heterocycles. The molecule has 0 bridgehead atoms. The van der Waals surface area contributed by atoms with Crippen molar-refractivity contribution in [2.75, 3.05) is 0 Å². The molecule has 1 aromatic carbocycles. The van der Waals surface area contributed by atoms with Crippen LogP contribution in [0.25, 0.3) is 0 Å². The second kappa shape index (κ2) is 6.15. The molecule has 0 aliphatic rings. The van der Waals surface area contributed by atoms with E-state index in [0.29, 0.717) is 12.1 Å². The second-order valence-corrected chi connectivity index (χ2v) is 5.91. The number of carboxylic acid groups (broad SMARTS) is 1. The van der Waals surface area contributed by atoms with Gasteiger partial charge in [-0.25, -0.2) is 4.39 Å². The van der Waals surface area contributed by atoms with Gasteiger partial charge >= 0.3 is 5.97 Å². The number of aliphatic carboxylic acids is 1. The molecule has 1 unspecified atom stereocenters. The van der Waals surface area contributed by atoms with Crippen molar-refractivity contribution >= 4 is 17.3 Å². The fourth-order valence-electron chi connectivity index (χ4n) is 1.96. The van der Waals surface area contributed by atoms with Crippen LogP contribution in [0.15, 0.2) is 41.8 Å². The molecule has 1 heterocycles. The molecule has 106 valence electrons. The molecule has 0 aliphatic heterocycles. The summed E-state index contributed by atoms with van der Waals surface area (Å²) in [6.45, 7) is 2.10. The van der Waals surface area contributed by atoms with Gasteiger partial charge in [0, 0.05) is 17.8 Å². The summed E-state index contributed by atoms with van der Waals surface area (Å²) < 4.78 is 13.2. The van der Waals surface area contributed by atoms with Gasteiger partial charge in [-0.05, 0) is 36.1 Å². The van der Waals surface area contributed by atoms with Crippen LogP contribution < -0.4 is 5.32 Å². The molecule has 0 fully saturated rings. The van der Waals surface area contributed by atoms with Gasteiger partial charge in [0.1, 0.15) is 11.4 Å². The Morgan fingerprint density at radius 1 is 1.40 bits per heavy atom. The van der Waals surface area contributed by atoms with Crippen LogP contribution in [0.5, 0.6) is 0 Å². The average Bonchev–Trinajstić information content (AvgIpc) is 2.89. The Bertz CT molecular complexity index is 585. The molecular weight excluding hydrogens is 277 g/mol. The number of halogens is 1. The van der Waals surface area contributed by atoms with Gasteiger partial charge in [-0.3, -0.25) is 10.1 Å². The maximum absolute atomic E-state index is 13.2. The van der Waals surface area contributed by atoms with E-state index in [-0.39, 0.29) is 12.2 Å². The molecule has 5 heteroatoms. The van der Waals surface area contributed by atoms with E-state index in [2.05, 4.69) is 5.32 Å². The maximum Gasteiger partial charge on any atom is 0.323 e. The first kappa shape index (κ1) is 14.7. The minimum Gasteiger partial charge on any atom is -0.480 e. The summed E-state index contributed by atoms with van der Waals surface area (Å²) in [7, 11) is 0. The summed E-state index contributed by atoms with van der Waals surface area (Å²) in [4.78, 5) is 12.6. The van der Waals surface area contributed by atoms with E-state index in [9.17, 15) is 14.3 Å². The zero-order valence-electron chi connectivity index (χ0n) is 11.1. The molecule has 0 saturated heterocycles. The molecule has 0 amide bonds. The van der Waals surface area contributed by atoms with E-state index in [1.165, 1.54) is 12.1 Å². The lowest BCUT2D eigenvalue weighted by Gasteiger charge is -2.26. The third-order valence-corrected chi connectivity index (χ3v) is 4.03. The van der Waals surface area contributed by atoms with Crippen molar-refractivity contribution in [3.05, 3.63) is 58.0 Å². The molecule has 1 atom stereocenters. The van der Waals surface area contributed by atoms with E-state index < -0.39 is 11.5 Å². The Morgan fingerprint density at radius 2 is 2.20 bits per heavy atom. The Morgan fingerprint density at radius 3 is 2.80 bits per heavy atom. The summed E-state index contributed by atoms with van der Waals surface area (Å²) >= 11 is 1.57. The van der Waals surface area contributed by atoms with Gasteiger partial charge < -0.3 is 5.11 Å². The van der Waals surface area contributed by atoms with E-state index in [4.69, 9.17) is 0 Å². The number of nitrogens with one attached hydrogen (secondary N) is 1. The summed E-state index contributed by atoms with van der Waals surface area (Å²) in [5.41, 5.74) is -0.466. The fraction of sp³-hybridized carbons (Fsp3) is 0.267. The highest BCUT2D eigenvalue weighted by atomic mass is 32.1. The minimum absolute atomic E-state index is 0.228. The van der Waals surface area contributed by atoms with Crippen molar-refractivity contribution < 1.29 is 14.3 Å². The fourth-order valence-corrected chi connectivity index (χ4v) is 2.61. The smallest absolute Gasteiger partial charge is 0.323 e. The number of carboxylic acids is 1. The van der Waals surface area contributed by atoms with Gasteiger partial charge in [0.05, 0.1) is 0 Å². The van der Waals surface area contributed by atoms with Crippen molar-refractivity contribution in [1.29, 1.82) is 0 Å². The average molecular weight is 293 g/mol. The van der Waals surface area contributed by atoms with Crippen molar-refractivity contribution in [1.82, 2.24) is 5.32 Å². The number of benzene rings is 1. The molecule has 0 radical (unpaired) electrons. The zero-order chi connectivity index (χ0) is 14.6. The van der Waals surface area contributed by atoms with E-state index in [0.717, 1.165) is 4.88 Å². The normalized spacial score (nSPS) is 13.9. The summed E-state index contributed by atoms with van der Waals surface area (Å²) in [6.07, 6.45) is 0.228. The van der Waals surface area contributed by atoms with E-state index in [1.54, 1.807) is 30.4 Å². The topological polar surface area (TPSA) is 49.3 Å². The second-order valence-electron chi connectivity index (χ2n) is 4.88. The van der Waals surface area contributed by atoms with Crippen LogP contribution in [-0.4, -0.2) is 16.6 Å². The molecule has 2 aromatic rings. The number of carbonyl (C=O) groups is 1. The van der Waals surface area contributed by atoms with Gasteiger partial charge in [-0.2, -0.15) is 0 Å². The van der Waals surface area contributed by atoms with Crippen LogP contribution >= 0.6 is 11.3 Å². The third-order valence-electron chi connectivity index (χ3n) is 3.15. The summed E-state index contributed by atoms with van der Waals surface area (Å²) in [5, 5.41) is 14.4. The molecule has 0 aliphatic carbocycles. The molecule has 0 spiro atoms. The standard InChI is InChI=1S/C15H16FNO2S/c1-15(14(18)19,17-10-13-6-3-7-20-13)9-11-4-2-5-12(16)8-11/h2-8,17H,9-10H2,1H3,(H,18,19). The lowest BCUT2D eigenvalue weighted by Crippen LogP contribution is -2.50. The SMILES string of the molecule is CC(Cc1cccc(F)c1)(NCc1cccs1)C(=O)O. The zero-order valence-corrected chi connectivity index (χ0v) is 11.9. The minimum atomic E-state index is -1.13. The van der Waals surface area contributed by atoms with Gasteiger partial charge in [0.25, 0.3) is 0 Å². The molecule has 2 rings (SSSR count). The first-order valence-corrected chi connectivity index (χ1v) is 7.13. The highest BCUT2D eigenvalue weighted by molar-refractivity contribution is 7.09. The highest BCUT2D eigenvalue weighted by Gasteiger charge is 2.32. The van der Waals surface area contributed by atoms with E-state index in [1.807, 2.05) is 17.5 Å². The van der Waals surface area contributed by atoms with Crippen molar-refractivity contribution in [2.45, 2.75) is 25.4 Å². The van der Waals surface area contributed by atoms with Gasteiger partial charge in [0.2, 0.25) is 0 Å². The summed E-state index contributed by atoms with van der Waals surface area (Å²) in [6, 6.07) is 9.91. The van der Waals surface area contributed by atoms with Crippen molar-refractivity contribution in [3.63, 3.8) is 0 Å². The van der Waals surface area contributed by atoms with Crippen LogP contribution in [0.4, 0.5) is 4.39 Å². The van der Waals surface area contributed by atoms with Gasteiger partial charge in [-0.15, -0.1) is 11.3 Å². The predicted octanol–water partition coefficient (Wildman–Crippen LogP) is 3.06. The van der Waals surface area contributed by atoms with E-state index >= 15 is 0 Å². The van der Waals surface area contributed by atoms with Crippen LogP contribution in [0, 0.1) is 5.82 Å². The van der Waals surface area contributed by atoms with Crippen LogP contribution in [0.1, 0.15) is 17.4 Å². The Balaban J connectivity index is 2.10. The molecule has 20 heavy (non-hydrogen) atoms. The predicted molar refractivity (Wildman–Crippen MR) is 77.3 cm³/mol. The maximum atomic E-state index is 13.2. The van der Waals surface area contributed by atoms with Crippen LogP contribution in [0.3, 0.4) is 0 Å². The Labute approximate surface area is 121 Å². The molecule has 3 nitrogen and oxygen atoms in total. The number of rotatable bonds is 6. The highest BCUT2D eigenvalue weighted by Crippen LogP contribution is 2.17. The monoisotopic (exact) mass is 293 g/mol.